The monoisotopic (exact) mass is 392 g/mol. The molecule has 0 aliphatic heterocycles. The minimum Gasteiger partial charge on any atom is -0.478 e. The van der Waals surface area contributed by atoms with E-state index in [4.69, 9.17) is 4.74 Å². The van der Waals surface area contributed by atoms with Crippen molar-refractivity contribution in [1.82, 2.24) is 4.98 Å². The van der Waals surface area contributed by atoms with Crippen LogP contribution in [0.5, 0.6) is 5.75 Å². The Labute approximate surface area is 165 Å². The van der Waals surface area contributed by atoms with Gasteiger partial charge in [0.2, 0.25) is 0 Å². The zero-order chi connectivity index (χ0) is 19.5. The highest BCUT2D eigenvalue weighted by atomic mass is 32.1. The van der Waals surface area contributed by atoms with E-state index in [-0.39, 0.29) is 11.7 Å². The molecule has 1 amide bonds. The summed E-state index contributed by atoms with van der Waals surface area (Å²) in [5.41, 5.74) is 2.50. The van der Waals surface area contributed by atoms with Gasteiger partial charge in [-0.2, -0.15) is 0 Å². The summed E-state index contributed by atoms with van der Waals surface area (Å²) in [6.07, 6.45) is -0.844. The first-order chi connectivity index (χ1) is 13.6. The molecule has 0 saturated carbocycles. The summed E-state index contributed by atoms with van der Waals surface area (Å²) in [6.45, 7) is 1.58. The summed E-state index contributed by atoms with van der Waals surface area (Å²) < 4.78 is 20.3. The number of nitrogens with one attached hydrogen (secondary N) is 1. The molecule has 0 fully saturated rings. The second-order valence-corrected chi connectivity index (χ2v) is 7.28. The average Bonchev–Trinajstić information content (AvgIpc) is 3.14. The number of hydrogen-bond donors (Lipinski definition) is 1. The van der Waals surface area contributed by atoms with Gasteiger partial charge in [-0.05, 0) is 43.3 Å². The van der Waals surface area contributed by atoms with Crippen LogP contribution in [0.2, 0.25) is 0 Å². The van der Waals surface area contributed by atoms with Gasteiger partial charge in [-0.15, -0.1) is 11.3 Å². The van der Waals surface area contributed by atoms with Gasteiger partial charge in [0.1, 0.15) is 5.01 Å². The van der Waals surface area contributed by atoms with Crippen LogP contribution in [0.3, 0.4) is 0 Å². The molecule has 3 aromatic carbocycles. The molecule has 0 radical (unpaired) electrons. The van der Waals surface area contributed by atoms with E-state index in [0.717, 1.165) is 20.8 Å². The highest BCUT2D eigenvalue weighted by Crippen LogP contribution is 2.31. The lowest BCUT2D eigenvalue weighted by Crippen LogP contribution is -2.30. The number of fused-ring (bicyclic) bond motifs is 1. The number of amides is 1. The number of rotatable bonds is 5. The van der Waals surface area contributed by atoms with Crippen molar-refractivity contribution in [2.45, 2.75) is 13.0 Å². The molecule has 140 valence electrons. The molecule has 0 bridgehead atoms. The van der Waals surface area contributed by atoms with Crippen molar-refractivity contribution in [3.05, 3.63) is 78.6 Å². The molecule has 4 rings (SSSR count). The summed E-state index contributed by atoms with van der Waals surface area (Å²) in [7, 11) is 0. The third-order valence-electron chi connectivity index (χ3n) is 4.18. The lowest BCUT2D eigenvalue weighted by atomic mass is 10.2. The number of halogens is 1. The van der Waals surface area contributed by atoms with Crippen LogP contribution >= 0.6 is 11.3 Å². The first kappa shape index (κ1) is 18.1. The minimum absolute atomic E-state index is 0.0494. The summed E-state index contributed by atoms with van der Waals surface area (Å²) in [5, 5.41) is 3.70. The largest absolute Gasteiger partial charge is 0.478 e. The Balaban J connectivity index is 1.50. The van der Waals surface area contributed by atoms with Crippen molar-refractivity contribution in [2.24, 2.45) is 0 Å². The third-order valence-corrected chi connectivity index (χ3v) is 5.27. The Hall–Kier alpha value is -3.25. The smallest absolute Gasteiger partial charge is 0.265 e. The van der Waals surface area contributed by atoms with Crippen LogP contribution in [0.25, 0.3) is 20.8 Å². The Morgan fingerprint density at radius 3 is 2.68 bits per heavy atom. The normalized spacial score (nSPS) is 11.9. The lowest BCUT2D eigenvalue weighted by molar-refractivity contribution is -0.122. The minimum atomic E-state index is -0.844. The van der Waals surface area contributed by atoms with E-state index in [1.54, 1.807) is 36.5 Å². The van der Waals surface area contributed by atoms with Gasteiger partial charge in [-0.1, -0.05) is 36.4 Å². The van der Waals surface area contributed by atoms with Crippen molar-refractivity contribution in [2.75, 3.05) is 5.32 Å². The Morgan fingerprint density at radius 1 is 1.07 bits per heavy atom. The highest BCUT2D eigenvalue weighted by Gasteiger charge is 2.17. The number of ether oxygens (including phenoxy) is 1. The Bertz CT molecular complexity index is 1110. The van der Waals surface area contributed by atoms with Gasteiger partial charge in [-0.25, -0.2) is 9.37 Å². The number of aromatic nitrogens is 1. The van der Waals surface area contributed by atoms with Crippen molar-refractivity contribution in [1.29, 1.82) is 0 Å². The third kappa shape index (κ3) is 3.87. The van der Waals surface area contributed by atoms with E-state index in [0.29, 0.717) is 5.69 Å². The average molecular weight is 392 g/mol. The van der Waals surface area contributed by atoms with Crippen LogP contribution in [0.1, 0.15) is 6.92 Å². The molecule has 1 atom stereocenters. The molecule has 28 heavy (non-hydrogen) atoms. The maximum absolute atomic E-state index is 13.7. The summed E-state index contributed by atoms with van der Waals surface area (Å²) in [5.74, 6) is -0.807. The molecule has 4 aromatic rings. The molecule has 0 spiro atoms. The number of anilines is 1. The van der Waals surface area contributed by atoms with Crippen LogP contribution in [0, 0.1) is 5.82 Å². The van der Waals surface area contributed by atoms with Crippen LogP contribution in [0.4, 0.5) is 10.1 Å². The Morgan fingerprint density at radius 2 is 1.86 bits per heavy atom. The van der Waals surface area contributed by atoms with Crippen molar-refractivity contribution in [3.8, 4) is 16.3 Å². The highest BCUT2D eigenvalue weighted by molar-refractivity contribution is 7.21. The van der Waals surface area contributed by atoms with Gasteiger partial charge in [-0.3, -0.25) is 4.79 Å². The second-order valence-electron chi connectivity index (χ2n) is 6.25. The Kier molecular flexibility index (Phi) is 5.04. The van der Waals surface area contributed by atoms with E-state index in [1.165, 1.54) is 12.1 Å². The zero-order valence-electron chi connectivity index (χ0n) is 15.1. The first-order valence-electron chi connectivity index (χ1n) is 8.78. The fourth-order valence-electron chi connectivity index (χ4n) is 2.75. The van der Waals surface area contributed by atoms with Crippen LogP contribution in [-0.4, -0.2) is 17.0 Å². The van der Waals surface area contributed by atoms with Gasteiger partial charge in [0.25, 0.3) is 5.91 Å². The molecule has 4 nitrogen and oxygen atoms in total. The first-order valence-corrected chi connectivity index (χ1v) is 9.60. The van der Waals surface area contributed by atoms with Crippen LogP contribution in [0.15, 0.2) is 72.8 Å². The second kappa shape index (κ2) is 7.78. The van der Waals surface area contributed by atoms with Gasteiger partial charge < -0.3 is 10.1 Å². The maximum Gasteiger partial charge on any atom is 0.265 e. The molecule has 0 aliphatic rings. The SMILES string of the molecule is CC(Oc1ccccc1F)C(=O)Nc1cccc(-c2nc3ccccc3s2)c1. The quantitative estimate of drug-likeness (QED) is 0.487. The van der Waals surface area contributed by atoms with Crippen molar-refractivity contribution < 1.29 is 13.9 Å². The van der Waals surface area contributed by atoms with Gasteiger partial charge in [0, 0.05) is 11.3 Å². The zero-order valence-corrected chi connectivity index (χ0v) is 15.9. The molecule has 6 heteroatoms. The summed E-state index contributed by atoms with van der Waals surface area (Å²) in [4.78, 5) is 17.1. The van der Waals surface area contributed by atoms with E-state index >= 15 is 0 Å². The fourth-order valence-corrected chi connectivity index (χ4v) is 3.72. The number of thiazole rings is 1. The molecular formula is C22H17FN2O2S. The van der Waals surface area contributed by atoms with Crippen LogP contribution in [-0.2, 0) is 4.79 Å². The van der Waals surface area contributed by atoms with E-state index < -0.39 is 11.9 Å². The summed E-state index contributed by atoms with van der Waals surface area (Å²) in [6, 6.07) is 21.4. The number of benzene rings is 3. The molecule has 1 heterocycles. The fraction of sp³-hybridized carbons (Fsp3) is 0.0909. The maximum atomic E-state index is 13.7. The van der Waals surface area contributed by atoms with Crippen molar-refractivity contribution >= 4 is 33.1 Å². The number of para-hydroxylation sites is 2. The summed E-state index contributed by atoms with van der Waals surface area (Å²) >= 11 is 1.60. The van der Waals surface area contributed by atoms with E-state index in [9.17, 15) is 9.18 Å². The van der Waals surface area contributed by atoms with Gasteiger partial charge in [0.05, 0.1) is 10.2 Å². The predicted molar refractivity (Wildman–Crippen MR) is 110 cm³/mol. The molecule has 0 saturated heterocycles. The van der Waals surface area contributed by atoms with Crippen molar-refractivity contribution in [3.63, 3.8) is 0 Å². The molecular weight excluding hydrogens is 375 g/mol. The lowest BCUT2D eigenvalue weighted by Gasteiger charge is -2.15. The van der Waals surface area contributed by atoms with E-state index in [1.807, 2.05) is 42.5 Å². The van der Waals surface area contributed by atoms with Crippen LogP contribution < -0.4 is 10.1 Å². The molecule has 1 unspecified atom stereocenters. The van der Waals surface area contributed by atoms with Gasteiger partial charge >= 0.3 is 0 Å². The standard InChI is InChI=1S/C22H17FN2O2S/c1-14(27-19-11-4-2-9-17(19)23)21(26)24-16-8-6-7-15(13-16)22-25-18-10-3-5-12-20(18)28-22/h2-14H,1H3,(H,24,26). The topological polar surface area (TPSA) is 51.2 Å². The van der Waals surface area contributed by atoms with E-state index in [2.05, 4.69) is 10.3 Å². The predicted octanol–water partition coefficient (Wildman–Crippen LogP) is 5.51. The molecule has 0 aliphatic carbocycles. The number of nitrogens with zero attached hydrogens (tertiary/aromatic N) is 1. The number of carbonyl (C=O) groups excluding carboxylic acids is 1. The molecule has 1 aromatic heterocycles. The van der Waals surface area contributed by atoms with Gasteiger partial charge in [0.15, 0.2) is 17.7 Å². The number of hydrogen-bond acceptors (Lipinski definition) is 4. The number of carbonyl (C=O) groups is 1. The molecule has 1 N–H and O–H groups in total.